The number of aromatic nitrogens is 2. The Kier molecular flexibility index (Phi) is 4.49. The monoisotopic (exact) mass is 382 g/mol. The summed E-state index contributed by atoms with van der Waals surface area (Å²) in [6, 6.07) is 14.1. The van der Waals surface area contributed by atoms with Gasteiger partial charge in [-0.15, -0.1) is 0 Å². The van der Waals surface area contributed by atoms with E-state index < -0.39 is 27.9 Å². The van der Waals surface area contributed by atoms with Crippen molar-refractivity contribution in [3.63, 3.8) is 0 Å². The van der Waals surface area contributed by atoms with Gasteiger partial charge in [0.05, 0.1) is 5.69 Å². The van der Waals surface area contributed by atoms with Gasteiger partial charge in [-0.1, -0.05) is 30.3 Å². The van der Waals surface area contributed by atoms with Gasteiger partial charge in [0.15, 0.2) is 5.69 Å². The Bertz CT molecular complexity index is 1030. The van der Waals surface area contributed by atoms with E-state index in [1.54, 1.807) is 31.2 Å². The van der Waals surface area contributed by atoms with E-state index in [4.69, 9.17) is 4.18 Å². The zero-order valence-electron chi connectivity index (χ0n) is 13.4. The van der Waals surface area contributed by atoms with Crippen molar-refractivity contribution in [1.29, 1.82) is 0 Å². The van der Waals surface area contributed by atoms with E-state index in [0.717, 1.165) is 10.2 Å². The molecular weight excluding hydrogens is 369 g/mol. The molecular formula is C17H13F3N2O3S. The molecule has 5 nitrogen and oxygen atoms in total. The SMILES string of the molecule is Cc1cccc(-n2nc(C(F)(F)F)cc2OS(=O)(=O)c2ccccc2)c1. The first kappa shape index (κ1) is 18.0. The molecule has 0 spiro atoms. The Morgan fingerprint density at radius 1 is 1.00 bits per heavy atom. The van der Waals surface area contributed by atoms with Crippen LogP contribution in [0.5, 0.6) is 5.88 Å². The Morgan fingerprint density at radius 3 is 2.31 bits per heavy atom. The molecule has 136 valence electrons. The molecule has 0 N–H and O–H groups in total. The lowest BCUT2D eigenvalue weighted by Gasteiger charge is -2.09. The molecule has 0 aliphatic heterocycles. The van der Waals surface area contributed by atoms with Crippen LogP contribution in [0, 0.1) is 6.92 Å². The number of nitrogens with zero attached hydrogens (tertiary/aromatic N) is 2. The molecule has 2 aromatic carbocycles. The summed E-state index contributed by atoms with van der Waals surface area (Å²) in [5.74, 6) is -0.549. The van der Waals surface area contributed by atoms with Gasteiger partial charge in [-0.05, 0) is 36.8 Å². The van der Waals surface area contributed by atoms with Gasteiger partial charge in [-0.25, -0.2) is 0 Å². The Balaban J connectivity index is 2.10. The molecule has 1 aromatic heterocycles. The summed E-state index contributed by atoms with van der Waals surface area (Å²) in [6.07, 6.45) is -4.75. The van der Waals surface area contributed by atoms with Gasteiger partial charge < -0.3 is 4.18 Å². The molecule has 0 atom stereocenters. The van der Waals surface area contributed by atoms with Crippen LogP contribution >= 0.6 is 0 Å². The highest BCUT2D eigenvalue weighted by Gasteiger charge is 2.36. The van der Waals surface area contributed by atoms with Gasteiger partial charge >= 0.3 is 16.3 Å². The molecule has 0 aliphatic carbocycles. The second kappa shape index (κ2) is 6.49. The minimum atomic E-state index is -4.75. The van der Waals surface area contributed by atoms with Crippen molar-refractivity contribution in [2.75, 3.05) is 0 Å². The molecule has 0 radical (unpaired) electrons. The van der Waals surface area contributed by atoms with Gasteiger partial charge in [-0.2, -0.15) is 31.4 Å². The van der Waals surface area contributed by atoms with E-state index in [0.29, 0.717) is 6.07 Å². The average Bonchev–Trinajstić information content (AvgIpc) is 2.99. The minimum Gasteiger partial charge on any atom is -0.358 e. The molecule has 9 heteroatoms. The van der Waals surface area contributed by atoms with E-state index in [2.05, 4.69) is 5.10 Å². The molecule has 0 saturated heterocycles. The number of rotatable bonds is 4. The van der Waals surface area contributed by atoms with Crippen LogP contribution in [-0.4, -0.2) is 18.2 Å². The maximum Gasteiger partial charge on any atom is 0.435 e. The number of hydrogen-bond acceptors (Lipinski definition) is 4. The zero-order valence-corrected chi connectivity index (χ0v) is 14.3. The molecule has 3 rings (SSSR count). The van der Waals surface area contributed by atoms with Crippen molar-refractivity contribution in [2.24, 2.45) is 0 Å². The molecule has 0 unspecified atom stereocenters. The normalized spacial score (nSPS) is 12.2. The summed E-state index contributed by atoms with van der Waals surface area (Å²) < 4.78 is 69.7. The van der Waals surface area contributed by atoms with E-state index in [1.807, 2.05) is 0 Å². The smallest absolute Gasteiger partial charge is 0.358 e. The lowest BCUT2D eigenvalue weighted by Crippen LogP contribution is -2.12. The van der Waals surface area contributed by atoms with Crippen LogP contribution in [0.1, 0.15) is 11.3 Å². The largest absolute Gasteiger partial charge is 0.435 e. The third-order valence-electron chi connectivity index (χ3n) is 3.44. The minimum absolute atomic E-state index is 0.175. The summed E-state index contributed by atoms with van der Waals surface area (Å²) in [5.41, 5.74) is -0.237. The van der Waals surface area contributed by atoms with E-state index >= 15 is 0 Å². The summed E-state index contributed by atoms with van der Waals surface area (Å²) in [6.45, 7) is 1.75. The molecule has 0 bridgehead atoms. The van der Waals surface area contributed by atoms with Crippen molar-refractivity contribution in [2.45, 2.75) is 18.0 Å². The Morgan fingerprint density at radius 2 is 1.69 bits per heavy atom. The fourth-order valence-corrected chi connectivity index (χ4v) is 3.18. The molecule has 0 fully saturated rings. The van der Waals surface area contributed by atoms with Crippen LogP contribution in [0.4, 0.5) is 13.2 Å². The number of halogens is 3. The number of benzene rings is 2. The van der Waals surface area contributed by atoms with Gasteiger partial charge in [0.25, 0.3) is 0 Å². The van der Waals surface area contributed by atoms with Crippen LogP contribution in [0.2, 0.25) is 0 Å². The van der Waals surface area contributed by atoms with Crippen molar-refractivity contribution in [1.82, 2.24) is 9.78 Å². The topological polar surface area (TPSA) is 61.2 Å². The van der Waals surface area contributed by atoms with Crippen molar-refractivity contribution in [3.05, 3.63) is 71.9 Å². The maximum atomic E-state index is 13.1. The molecule has 3 aromatic rings. The van der Waals surface area contributed by atoms with Gasteiger partial charge in [0.2, 0.25) is 5.88 Å². The van der Waals surface area contributed by atoms with Crippen LogP contribution in [0.25, 0.3) is 5.69 Å². The molecule has 0 aliphatic rings. The molecule has 26 heavy (non-hydrogen) atoms. The fourth-order valence-electron chi connectivity index (χ4n) is 2.25. The van der Waals surface area contributed by atoms with Gasteiger partial charge in [0.1, 0.15) is 4.90 Å². The van der Waals surface area contributed by atoms with E-state index in [9.17, 15) is 21.6 Å². The fraction of sp³-hybridized carbons (Fsp3) is 0.118. The van der Waals surface area contributed by atoms with Gasteiger partial charge in [0, 0.05) is 6.07 Å². The third kappa shape index (κ3) is 3.72. The van der Waals surface area contributed by atoms with E-state index in [-0.39, 0.29) is 10.6 Å². The lowest BCUT2D eigenvalue weighted by atomic mass is 10.2. The highest BCUT2D eigenvalue weighted by atomic mass is 32.2. The summed E-state index contributed by atoms with van der Waals surface area (Å²) >= 11 is 0. The zero-order chi connectivity index (χ0) is 18.9. The third-order valence-corrected chi connectivity index (χ3v) is 4.68. The predicted octanol–water partition coefficient (Wildman–Crippen LogP) is 3.97. The molecule has 0 saturated carbocycles. The summed E-state index contributed by atoms with van der Waals surface area (Å²) in [5, 5.41) is 3.47. The lowest BCUT2D eigenvalue weighted by molar-refractivity contribution is -0.141. The van der Waals surface area contributed by atoms with Crippen molar-refractivity contribution in [3.8, 4) is 11.6 Å². The summed E-state index contributed by atoms with van der Waals surface area (Å²) in [7, 11) is -4.31. The second-order valence-electron chi connectivity index (χ2n) is 5.47. The molecule has 1 heterocycles. The maximum absolute atomic E-state index is 13.1. The Labute approximate surface area is 147 Å². The highest BCUT2D eigenvalue weighted by molar-refractivity contribution is 7.87. The number of alkyl halides is 3. The average molecular weight is 382 g/mol. The van der Waals surface area contributed by atoms with Crippen LogP contribution in [-0.2, 0) is 16.3 Å². The number of hydrogen-bond donors (Lipinski definition) is 0. The molecule has 0 amide bonds. The predicted molar refractivity (Wildman–Crippen MR) is 87.6 cm³/mol. The van der Waals surface area contributed by atoms with Crippen LogP contribution in [0.15, 0.2) is 65.6 Å². The van der Waals surface area contributed by atoms with Crippen LogP contribution in [0.3, 0.4) is 0 Å². The highest BCUT2D eigenvalue weighted by Crippen LogP contribution is 2.33. The first-order chi connectivity index (χ1) is 12.2. The Hall–Kier alpha value is -2.81. The standard InChI is InChI=1S/C17H13F3N2O3S/c1-12-6-5-7-13(10-12)22-16(11-15(21-22)17(18,19)20)25-26(23,24)14-8-3-2-4-9-14/h2-11H,1H3. The summed E-state index contributed by atoms with van der Waals surface area (Å²) in [4.78, 5) is -0.175. The van der Waals surface area contributed by atoms with E-state index in [1.165, 1.54) is 30.3 Å². The quantitative estimate of drug-likeness (QED) is 0.641. The van der Waals surface area contributed by atoms with Crippen molar-refractivity contribution < 1.29 is 25.8 Å². The second-order valence-corrected chi connectivity index (χ2v) is 7.01. The number of aryl methyl sites for hydroxylation is 1. The van der Waals surface area contributed by atoms with Crippen molar-refractivity contribution >= 4 is 10.1 Å². The van der Waals surface area contributed by atoms with Crippen LogP contribution < -0.4 is 4.18 Å². The first-order valence-electron chi connectivity index (χ1n) is 7.41. The first-order valence-corrected chi connectivity index (χ1v) is 8.81. The van der Waals surface area contributed by atoms with Gasteiger partial charge in [-0.3, -0.25) is 0 Å².